The molecule has 3 aliphatic rings. The van der Waals surface area contributed by atoms with Gasteiger partial charge in [-0.25, -0.2) is 0 Å². The average Bonchev–Trinajstić information content (AvgIpc) is 2.58. The molecule has 0 aromatic carbocycles. The SMILES string of the molecule is CC1(C)OC2C3OC(C)(C)O[C@H]3CO[C@@H]2O1. The number of rotatable bonds is 0. The Kier molecular flexibility index (Phi) is 2.17. The van der Waals surface area contributed by atoms with Crippen molar-refractivity contribution in [1.82, 2.24) is 0 Å². The van der Waals surface area contributed by atoms with Gasteiger partial charge in [-0.05, 0) is 27.7 Å². The smallest absolute Gasteiger partial charge is 0.189 e. The summed E-state index contributed by atoms with van der Waals surface area (Å²) >= 11 is 0. The third kappa shape index (κ3) is 1.67. The Labute approximate surface area is 94.9 Å². The molecule has 3 heterocycles. The van der Waals surface area contributed by atoms with E-state index in [0.29, 0.717) is 6.61 Å². The van der Waals surface area contributed by atoms with Crippen LogP contribution in [-0.4, -0.2) is 42.8 Å². The van der Waals surface area contributed by atoms with Crippen molar-refractivity contribution in [3.63, 3.8) is 0 Å². The predicted octanol–water partition coefficient (Wildman–Crippen LogP) is 1.01. The molecule has 92 valence electrons. The Balaban J connectivity index is 1.81. The summed E-state index contributed by atoms with van der Waals surface area (Å²) in [5.41, 5.74) is 0. The fourth-order valence-corrected chi connectivity index (χ4v) is 2.57. The van der Waals surface area contributed by atoms with Gasteiger partial charge in [0.15, 0.2) is 17.9 Å². The summed E-state index contributed by atoms with van der Waals surface area (Å²) in [6.45, 7) is 8.06. The van der Waals surface area contributed by atoms with Crippen LogP contribution < -0.4 is 0 Å². The van der Waals surface area contributed by atoms with Gasteiger partial charge in [0, 0.05) is 0 Å². The molecule has 16 heavy (non-hydrogen) atoms. The van der Waals surface area contributed by atoms with Gasteiger partial charge in [-0.2, -0.15) is 0 Å². The lowest BCUT2D eigenvalue weighted by atomic mass is 10.1. The third-order valence-electron chi connectivity index (χ3n) is 3.06. The summed E-state index contributed by atoms with van der Waals surface area (Å²) in [7, 11) is 0. The standard InChI is InChI=1S/C11H18O5/c1-10(2)13-6-5-12-9-8(7(6)14-10)15-11(3,4)16-9/h6-9H,5H2,1-4H3/t6-,7?,8?,9+/m0/s1. The van der Waals surface area contributed by atoms with E-state index in [0.717, 1.165) is 0 Å². The van der Waals surface area contributed by atoms with Crippen LogP contribution in [0.2, 0.25) is 0 Å². The van der Waals surface area contributed by atoms with E-state index >= 15 is 0 Å². The maximum Gasteiger partial charge on any atom is 0.189 e. The summed E-state index contributed by atoms with van der Waals surface area (Å²) in [6, 6.07) is 0. The quantitative estimate of drug-likeness (QED) is 0.621. The van der Waals surface area contributed by atoms with Crippen LogP contribution in [0.3, 0.4) is 0 Å². The van der Waals surface area contributed by atoms with Crippen LogP contribution in [0.1, 0.15) is 27.7 Å². The van der Waals surface area contributed by atoms with Crippen LogP contribution in [0.15, 0.2) is 0 Å². The minimum Gasteiger partial charge on any atom is -0.347 e. The molecule has 0 bridgehead atoms. The van der Waals surface area contributed by atoms with Gasteiger partial charge >= 0.3 is 0 Å². The van der Waals surface area contributed by atoms with E-state index in [4.69, 9.17) is 23.7 Å². The lowest BCUT2D eigenvalue weighted by Crippen LogP contribution is -2.50. The lowest BCUT2D eigenvalue weighted by molar-refractivity contribution is -0.205. The molecule has 0 saturated carbocycles. The van der Waals surface area contributed by atoms with E-state index in [2.05, 4.69) is 0 Å². The molecule has 0 N–H and O–H groups in total. The zero-order chi connectivity index (χ0) is 11.6. The molecule has 3 fully saturated rings. The van der Waals surface area contributed by atoms with E-state index in [1.165, 1.54) is 0 Å². The lowest BCUT2D eigenvalue weighted by Gasteiger charge is -2.30. The highest BCUT2D eigenvalue weighted by Crippen LogP contribution is 2.41. The molecule has 0 amide bonds. The molecule has 0 aliphatic carbocycles. The second-order valence-electron chi connectivity index (χ2n) is 5.44. The second kappa shape index (κ2) is 3.17. The zero-order valence-electron chi connectivity index (χ0n) is 10.1. The molecular formula is C11H18O5. The van der Waals surface area contributed by atoms with Crippen molar-refractivity contribution in [2.75, 3.05) is 6.61 Å². The number of fused-ring (bicyclic) bond motifs is 3. The normalized spacial score (nSPS) is 48.8. The highest BCUT2D eigenvalue weighted by molar-refractivity contribution is 4.95. The zero-order valence-corrected chi connectivity index (χ0v) is 10.1. The van der Waals surface area contributed by atoms with E-state index in [1.807, 2.05) is 27.7 Å². The summed E-state index contributed by atoms with van der Waals surface area (Å²) < 4.78 is 28.6. The van der Waals surface area contributed by atoms with Gasteiger partial charge in [0.25, 0.3) is 0 Å². The van der Waals surface area contributed by atoms with Gasteiger partial charge in [0.2, 0.25) is 0 Å². The summed E-state index contributed by atoms with van der Waals surface area (Å²) in [4.78, 5) is 0. The van der Waals surface area contributed by atoms with Gasteiger partial charge in [-0.15, -0.1) is 0 Å². The van der Waals surface area contributed by atoms with Crippen molar-refractivity contribution >= 4 is 0 Å². The molecule has 5 heteroatoms. The third-order valence-corrected chi connectivity index (χ3v) is 3.06. The highest BCUT2D eigenvalue weighted by atomic mass is 16.8. The van der Waals surface area contributed by atoms with Crippen molar-refractivity contribution < 1.29 is 23.7 Å². The predicted molar refractivity (Wildman–Crippen MR) is 53.6 cm³/mol. The fourth-order valence-electron chi connectivity index (χ4n) is 2.57. The average molecular weight is 230 g/mol. The molecule has 0 spiro atoms. The van der Waals surface area contributed by atoms with Crippen molar-refractivity contribution in [1.29, 1.82) is 0 Å². The van der Waals surface area contributed by atoms with Gasteiger partial charge < -0.3 is 23.7 Å². The first-order chi connectivity index (χ1) is 7.36. The molecule has 0 aromatic heterocycles. The Bertz CT molecular complexity index is 271. The number of ether oxygens (including phenoxy) is 5. The number of hydrogen-bond donors (Lipinski definition) is 0. The molecule has 2 unspecified atom stereocenters. The van der Waals surface area contributed by atoms with E-state index in [-0.39, 0.29) is 24.6 Å². The van der Waals surface area contributed by atoms with Crippen molar-refractivity contribution in [3.8, 4) is 0 Å². The van der Waals surface area contributed by atoms with Crippen LogP contribution in [0.25, 0.3) is 0 Å². The largest absolute Gasteiger partial charge is 0.347 e. The minimum atomic E-state index is -0.611. The first-order valence-corrected chi connectivity index (χ1v) is 5.69. The monoisotopic (exact) mass is 230 g/mol. The molecule has 3 saturated heterocycles. The first-order valence-electron chi connectivity index (χ1n) is 5.69. The molecule has 4 atom stereocenters. The van der Waals surface area contributed by atoms with Crippen molar-refractivity contribution in [2.45, 2.75) is 63.9 Å². The molecular weight excluding hydrogens is 212 g/mol. The molecule has 0 radical (unpaired) electrons. The molecule has 3 aliphatic heterocycles. The van der Waals surface area contributed by atoms with Gasteiger partial charge in [0.1, 0.15) is 18.3 Å². The van der Waals surface area contributed by atoms with E-state index in [1.54, 1.807) is 0 Å². The van der Waals surface area contributed by atoms with Crippen molar-refractivity contribution in [2.24, 2.45) is 0 Å². The Morgan fingerprint density at radius 3 is 2.19 bits per heavy atom. The Morgan fingerprint density at radius 2 is 1.44 bits per heavy atom. The summed E-state index contributed by atoms with van der Waals surface area (Å²) in [5.74, 6) is -1.18. The summed E-state index contributed by atoms with van der Waals surface area (Å²) in [6.07, 6.45) is -0.700. The van der Waals surface area contributed by atoms with Gasteiger partial charge in [0.05, 0.1) is 6.61 Å². The van der Waals surface area contributed by atoms with Gasteiger partial charge in [-0.1, -0.05) is 0 Å². The molecule has 3 rings (SSSR count). The van der Waals surface area contributed by atoms with Crippen LogP contribution in [0.4, 0.5) is 0 Å². The highest BCUT2D eigenvalue weighted by Gasteiger charge is 2.57. The Hall–Kier alpha value is -0.200. The second-order valence-corrected chi connectivity index (χ2v) is 5.44. The van der Waals surface area contributed by atoms with Crippen LogP contribution >= 0.6 is 0 Å². The number of hydrogen-bond acceptors (Lipinski definition) is 5. The van der Waals surface area contributed by atoms with Crippen molar-refractivity contribution in [3.05, 3.63) is 0 Å². The maximum absolute atomic E-state index is 5.85. The summed E-state index contributed by atoms with van der Waals surface area (Å²) in [5, 5.41) is 0. The van der Waals surface area contributed by atoms with Crippen LogP contribution in [0, 0.1) is 0 Å². The van der Waals surface area contributed by atoms with Crippen LogP contribution in [0.5, 0.6) is 0 Å². The van der Waals surface area contributed by atoms with Crippen LogP contribution in [-0.2, 0) is 23.7 Å². The fraction of sp³-hybridized carbons (Fsp3) is 1.00. The molecule has 0 aromatic rings. The first kappa shape index (κ1) is 10.9. The maximum atomic E-state index is 5.85. The molecule has 5 nitrogen and oxygen atoms in total. The van der Waals surface area contributed by atoms with E-state index in [9.17, 15) is 0 Å². The Morgan fingerprint density at radius 1 is 0.812 bits per heavy atom. The van der Waals surface area contributed by atoms with E-state index < -0.39 is 11.6 Å². The minimum absolute atomic E-state index is 0.0613. The topological polar surface area (TPSA) is 46.2 Å². The van der Waals surface area contributed by atoms with Gasteiger partial charge in [-0.3, -0.25) is 0 Å².